The van der Waals surface area contributed by atoms with Crippen molar-refractivity contribution in [2.45, 2.75) is 25.9 Å². The molecule has 146 valence electrons. The number of nitriles is 1. The molecule has 0 spiro atoms. The van der Waals surface area contributed by atoms with Crippen LogP contribution in [0.3, 0.4) is 0 Å². The fraction of sp³-hybridized carbons (Fsp3) is 0.190. The molecular weight excluding hydrogens is 374 g/mol. The van der Waals surface area contributed by atoms with Gasteiger partial charge in [-0.15, -0.1) is 0 Å². The van der Waals surface area contributed by atoms with Crippen LogP contribution in [0.25, 0.3) is 0 Å². The van der Waals surface area contributed by atoms with Gasteiger partial charge in [-0.25, -0.2) is 4.79 Å². The van der Waals surface area contributed by atoms with E-state index in [0.29, 0.717) is 5.69 Å². The van der Waals surface area contributed by atoms with Gasteiger partial charge < -0.3 is 10.1 Å². The maximum absolute atomic E-state index is 12.4. The van der Waals surface area contributed by atoms with E-state index in [0.717, 1.165) is 4.90 Å². The van der Waals surface area contributed by atoms with Gasteiger partial charge in [-0.1, -0.05) is 18.2 Å². The summed E-state index contributed by atoms with van der Waals surface area (Å²) in [7, 11) is 0. The highest BCUT2D eigenvalue weighted by Gasteiger charge is 2.30. The second-order valence-electron chi connectivity index (χ2n) is 6.37. The summed E-state index contributed by atoms with van der Waals surface area (Å²) in [5.41, 5.74) is 0.988. The monoisotopic (exact) mass is 391 g/mol. The zero-order valence-electron chi connectivity index (χ0n) is 15.5. The van der Waals surface area contributed by atoms with E-state index in [9.17, 15) is 19.2 Å². The van der Waals surface area contributed by atoms with Crippen molar-refractivity contribution in [3.05, 3.63) is 59.7 Å². The predicted molar refractivity (Wildman–Crippen MR) is 103 cm³/mol. The summed E-state index contributed by atoms with van der Waals surface area (Å²) in [6, 6.07) is 14.3. The van der Waals surface area contributed by atoms with Crippen molar-refractivity contribution in [2.75, 3.05) is 10.2 Å². The van der Waals surface area contributed by atoms with Gasteiger partial charge in [-0.2, -0.15) is 5.26 Å². The Labute approximate surface area is 166 Å². The van der Waals surface area contributed by atoms with Crippen LogP contribution in [0.5, 0.6) is 0 Å². The van der Waals surface area contributed by atoms with Crippen LogP contribution < -0.4 is 10.2 Å². The van der Waals surface area contributed by atoms with Gasteiger partial charge in [0.15, 0.2) is 6.10 Å². The summed E-state index contributed by atoms with van der Waals surface area (Å²) >= 11 is 0. The molecule has 1 aliphatic rings. The summed E-state index contributed by atoms with van der Waals surface area (Å²) in [5.74, 6) is -2.03. The molecule has 1 heterocycles. The average Bonchev–Trinajstić information content (AvgIpc) is 3.06. The van der Waals surface area contributed by atoms with Crippen molar-refractivity contribution >= 4 is 35.1 Å². The van der Waals surface area contributed by atoms with E-state index < -0.39 is 18.0 Å². The first-order valence-corrected chi connectivity index (χ1v) is 8.87. The first-order valence-electron chi connectivity index (χ1n) is 8.87. The van der Waals surface area contributed by atoms with E-state index in [4.69, 9.17) is 10.00 Å². The number of esters is 1. The highest BCUT2D eigenvalue weighted by atomic mass is 16.5. The molecule has 3 rings (SSSR count). The molecule has 0 aromatic heterocycles. The van der Waals surface area contributed by atoms with Gasteiger partial charge in [0.25, 0.3) is 5.91 Å². The van der Waals surface area contributed by atoms with Crippen LogP contribution in [-0.2, 0) is 19.1 Å². The van der Waals surface area contributed by atoms with Crippen molar-refractivity contribution in [3.8, 4) is 6.07 Å². The third kappa shape index (κ3) is 4.30. The van der Waals surface area contributed by atoms with Gasteiger partial charge in [0.2, 0.25) is 11.8 Å². The summed E-state index contributed by atoms with van der Waals surface area (Å²) in [4.78, 5) is 49.5. The maximum atomic E-state index is 12.4. The minimum Gasteiger partial charge on any atom is -0.449 e. The SMILES string of the molecule is C[C@@H](OC(=O)c1cccc(N2C(=O)CCC2=O)c1)C(=O)Nc1ccccc1C#N. The summed E-state index contributed by atoms with van der Waals surface area (Å²) in [6.07, 6.45) is -0.864. The van der Waals surface area contributed by atoms with Crippen LogP contribution in [0, 0.1) is 11.3 Å². The topological polar surface area (TPSA) is 117 Å². The van der Waals surface area contributed by atoms with E-state index >= 15 is 0 Å². The Morgan fingerprint density at radius 1 is 1.10 bits per heavy atom. The molecule has 1 saturated heterocycles. The molecule has 2 aromatic rings. The lowest BCUT2D eigenvalue weighted by atomic mass is 10.2. The minimum atomic E-state index is -1.13. The molecule has 8 heteroatoms. The smallest absolute Gasteiger partial charge is 0.338 e. The molecule has 0 radical (unpaired) electrons. The zero-order valence-corrected chi connectivity index (χ0v) is 15.5. The molecule has 1 atom stereocenters. The van der Waals surface area contributed by atoms with Crippen molar-refractivity contribution in [1.29, 1.82) is 5.26 Å². The van der Waals surface area contributed by atoms with Crippen molar-refractivity contribution in [1.82, 2.24) is 0 Å². The molecule has 1 N–H and O–H groups in total. The van der Waals surface area contributed by atoms with E-state index in [1.54, 1.807) is 30.3 Å². The molecular formula is C21H17N3O5. The number of hydrogen-bond acceptors (Lipinski definition) is 6. The molecule has 1 fully saturated rings. The molecule has 0 saturated carbocycles. The lowest BCUT2D eigenvalue weighted by Gasteiger charge is -2.16. The number of benzene rings is 2. The van der Waals surface area contributed by atoms with E-state index in [1.807, 2.05) is 6.07 Å². The highest BCUT2D eigenvalue weighted by molar-refractivity contribution is 6.20. The Morgan fingerprint density at radius 2 is 1.79 bits per heavy atom. The number of amides is 3. The maximum Gasteiger partial charge on any atom is 0.338 e. The van der Waals surface area contributed by atoms with Gasteiger partial charge in [0.1, 0.15) is 6.07 Å². The number of anilines is 2. The van der Waals surface area contributed by atoms with Crippen LogP contribution in [0.2, 0.25) is 0 Å². The number of ether oxygens (including phenoxy) is 1. The number of rotatable bonds is 5. The van der Waals surface area contributed by atoms with Crippen LogP contribution >= 0.6 is 0 Å². The third-order valence-corrected chi connectivity index (χ3v) is 4.35. The van der Waals surface area contributed by atoms with E-state index in [2.05, 4.69) is 5.32 Å². The van der Waals surface area contributed by atoms with Crippen LogP contribution in [0.1, 0.15) is 35.7 Å². The number of hydrogen-bond donors (Lipinski definition) is 1. The van der Waals surface area contributed by atoms with Crippen LogP contribution in [0.15, 0.2) is 48.5 Å². The first-order chi connectivity index (χ1) is 13.9. The van der Waals surface area contributed by atoms with Gasteiger partial charge in [0.05, 0.1) is 22.5 Å². The predicted octanol–water partition coefficient (Wildman–Crippen LogP) is 2.40. The zero-order chi connectivity index (χ0) is 21.0. The van der Waals surface area contributed by atoms with Crippen molar-refractivity contribution in [2.24, 2.45) is 0 Å². The summed E-state index contributed by atoms with van der Waals surface area (Å²) in [5, 5.41) is 11.6. The second-order valence-corrected chi connectivity index (χ2v) is 6.37. The lowest BCUT2D eigenvalue weighted by molar-refractivity contribution is -0.124. The Hall–Kier alpha value is -3.99. The van der Waals surface area contributed by atoms with E-state index in [1.165, 1.54) is 25.1 Å². The van der Waals surface area contributed by atoms with Crippen LogP contribution in [-0.4, -0.2) is 29.8 Å². The Morgan fingerprint density at radius 3 is 2.48 bits per heavy atom. The first kappa shape index (κ1) is 19.8. The standard InChI is InChI=1S/C21H17N3O5/c1-13(20(27)23-17-8-3-2-5-15(17)12-22)29-21(28)14-6-4-7-16(11-14)24-18(25)9-10-19(24)26/h2-8,11,13H,9-10H2,1H3,(H,23,27)/t13-/m1/s1. The largest absolute Gasteiger partial charge is 0.449 e. The number of para-hydroxylation sites is 1. The molecule has 2 aromatic carbocycles. The molecule has 0 aliphatic carbocycles. The van der Waals surface area contributed by atoms with Gasteiger partial charge in [-0.05, 0) is 37.3 Å². The number of nitrogens with one attached hydrogen (secondary N) is 1. The summed E-state index contributed by atoms with van der Waals surface area (Å²) in [6.45, 7) is 1.40. The Bertz CT molecular complexity index is 1020. The fourth-order valence-electron chi connectivity index (χ4n) is 2.84. The Balaban J connectivity index is 1.69. The fourth-order valence-corrected chi connectivity index (χ4v) is 2.84. The Kier molecular flexibility index (Phi) is 5.69. The normalized spacial score (nSPS) is 14.3. The highest BCUT2D eigenvalue weighted by Crippen LogP contribution is 2.24. The summed E-state index contributed by atoms with van der Waals surface area (Å²) < 4.78 is 5.19. The van der Waals surface area contributed by atoms with Gasteiger partial charge in [-0.3, -0.25) is 19.3 Å². The molecule has 8 nitrogen and oxygen atoms in total. The number of imide groups is 1. The molecule has 29 heavy (non-hydrogen) atoms. The average molecular weight is 391 g/mol. The van der Waals surface area contributed by atoms with Crippen molar-refractivity contribution in [3.63, 3.8) is 0 Å². The molecule has 1 aliphatic heterocycles. The number of nitrogens with zero attached hydrogens (tertiary/aromatic N) is 2. The second kappa shape index (κ2) is 8.35. The minimum absolute atomic E-state index is 0.104. The van der Waals surface area contributed by atoms with Crippen molar-refractivity contribution < 1.29 is 23.9 Å². The quantitative estimate of drug-likeness (QED) is 0.618. The van der Waals surface area contributed by atoms with Crippen LogP contribution in [0.4, 0.5) is 11.4 Å². The van der Waals surface area contributed by atoms with E-state index in [-0.39, 0.29) is 41.5 Å². The number of carbonyl (C=O) groups excluding carboxylic acids is 4. The molecule has 0 unspecified atom stereocenters. The van der Waals surface area contributed by atoms with Gasteiger partial charge in [0, 0.05) is 12.8 Å². The lowest BCUT2D eigenvalue weighted by Crippen LogP contribution is -2.31. The molecule has 3 amide bonds. The van der Waals surface area contributed by atoms with Gasteiger partial charge >= 0.3 is 5.97 Å². The number of carbonyl (C=O) groups is 4. The third-order valence-electron chi connectivity index (χ3n) is 4.35. The molecule has 0 bridgehead atoms.